The van der Waals surface area contributed by atoms with Gasteiger partial charge in [-0.1, -0.05) is 160 Å². The van der Waals surface area contributed by atoms with Gasteiger partial charge in [-0.25, -0.2) is 4.79 Å². The standard InChI is InChI=1S/C75H123ClN14O16/c1-20-43(16)59(71(101)89-62-46(19)106-75(105)58(42(14)15)85-63(93)49(22-3)78-65(95)51(36-47-30-32-48(76)33-31-47)80-67(97)55(39(8)9)82-70(100)60(44(17)21-2)87-73(62)103)86-64(94)50(27-24-34-77)79-66(96)52-28-25-35-90(52)74(104)57(41(12)13)84-69(99)56(40(10)11)83-72(102)61(45(18)91)88-68(98)54(38(6)7)81-53(92)29-23-26-37(4)5/h22,30-33,37-46,50-52,54-62,91H,20-21,23-29,34-36,77H2,1-19H3,(H,78,95)(H,79,96)(H,80,97)(H,81,92)(H,82,100)(H,83,102)(H,84,99)(H,85,93)(H,86,94)(H,87,103)(H,88,98)(H,89,101)/b49-22-/t43-,44-,45+,46+,50-,51-,52+,54+,55+,56-,57+,58-,59+,60+,61-,62+/m0/s1. The number of rotatable bonds is 33. The van der Waals surface area contributed by atoms with Gasteiger partial charge in [0.25, 0.3) is 5.91 Å². The number of benzene rings is 1. The highest BCUT2D eigenvalue weighted by atomic mass is 35.5. The van der Waals surface area contributed by atoms with Gasteiger partial charge in [-0.2, -0.15) is 0 Å². The van der Waals surface area contributed by atoms with Crippen LogP contribution in [0.3, 0.4) is 0 Å². The van der Waals surface area contributed by atoms with Gasteiger partial charge in [0.1, 0.15) is 84.3 Å². The molecule has 13 amide bonds. The van der Waals surface area contributed by atoms with Crippen molar-refractivity contribution in [3.8, 4) is 0 Å². The number of carbonyl (C=O) groups excluding carboxylic acids is 14. The number of hydrogen-bond acceptors (Lipinski definition) is 17. The minimum absolute atomic E-state index is 0.0561. The Bertz CT molecular complexity index is 3220. The fourth-order valence-electron chi connectivity index (χ4n) is 12.1. The number of likely N-dealkylation sites (tertiary alicyclic amines) is 1. The van der Waals surface area contributed by atoms with Crippen molar-refractivity contribution in [3.63, 3.8) is 0 Å². The normalized spacial score (nSPS) is 22.5. The molecule has 0 saturated carbocycles. The van der Waals surface area contributed by atoms with E-state index in [4.69, 9.17) is 22.1 Å². The molecule has 3 rings (SSSR count). The molecule has 15 N–H and O–H groups in total. The van der Waals surface area contributed by atoms with E-state index in [-0.39, 0.29) is 63.2 Å². The highest BCUT2D eigenvalue weighted by Crippen LogP contribution is 2.24. The number of amides is 13. The van der Waals surface area contributed by atoms with E-state index in [2.05, 4.69) is 63.8 Å². The van der Waals surface area contributed by atoms with Gasteiger partial charge in [0.2, 0.25) is 70.9 Å². The van der Waals surface area contributed by atoms with Crippen molar-refractivity contribution in [1.29, 1.82) is 0 Å². The topological polar surface area (TPSA) is 442 Å². The van der Waals surface area contributed by atoms with Gasteiger partial charge in [0.05, 0.1) is 6.10 Å². The maximum atomic E-state index is 15.1. The van der Waals surface area contributed by atoms with E-state index < -0.39 is 203 Å². The second-order valence-electron chi connectivity index (χ2n) is 30.3. The molecule has 16 atom stereocenters. The number of ether oxygens (including phenoxy) is 1. The number of nitrogens with one attached hydrogen (secondary N) is 12. The monoisotopic (exact) mass is 1510 g/mol. The van der Waals surface area contributed by atoms with E-state index >= 15 is 9.59 Å². The number of carbonyl (C=O) groups is 14. The van der Waals surface area contributed by atoms with Crippen LogP contribution in [0.2, 0.25) is 5.02 Å². The third-order valence-electron chi connectivity index (χ3n) is 19.3. The minimum atomic E-state index is -1.84. The molecule has 2 saturated heterocycles. The first-order chi connectivity index (χ1) is 49.6. The zero-order valence-corrected chi connectivity index (χ0v) is 66.3. The van der Waals surface area contributed by atoms with Gasteiger partial charge in [-0.15, -0.1) is 0 Å². The zero-order valence-electron chi connectivity index (χ0n) is 65.5. The van der Waals surface area contributed by atoms with Crippen molar-refractivity contribution in [2.45, 2.75) is 280 Å². The molecule has 0 aromatic heterocycles. The Hall–Kier alpha value is -8.25. The molecule has 596 valence electrons. The fourth-order valence-corrected chi connectivity index (χ4v) is 12.3. The molecule has 0 unspecified atom stereocenters. The van der Waals surface area contributed by atoms with Crippen LogP contribution in [0.1, 0.15) is 195 Å². The van der Waals surface area contributed by atoms with Gasteiger partial charge >= 0.3 is 5.97 Å². The SMILES string of the molecule is C/C=C1\NC(=O)[C@H](Cc2ccc(Cl)cc2)NC(=O)[C@@H](C(C)C)NC(=O)[C@@H]([C@@H](C)CC)NC(=O)[C@H](NC(=O)[C@H](NC(=O)[C@H](CCCN)NC(=O)[C@H]2CCCN2C(=O)[C@H](NC(=O)[C@@H](NC(=O)[C@@H](NC(=O)[C@H](NC(=O)CCCC(C)C)C(C)C)[C@@H](C)O)C(C)C)C(C)C)[C@@H](C)CC)[C@@H](C)OC(=O)[C@H](C(C)C)NC1=O. The molecule has 0 aliphatic carbocycles. The molecule has 0 spiro atoms. The number of esters is 1. The van der Waals surface area contributed by atoms with Gasteiger partial charge in [0, 0.05) is 24.4 Å². The number of aliphatic hydroxyl groups excluding tert-OH is 1. The summed E-state index contributed by atoms with van der Waals surface area (Å²) in [6.07, 6.45) is 0.903. The minimum Gasteiger partial charge on any atom is -0.458 e. The van der Waals surface area contributed by atoms with Crippen LogP contribution in [0.25, 0.3) is 0 Å². The third-order valence-corrected chi connectivity index (χ3v) is 19.6. The van der Waals surface area contributed by atoms with E-state index in [1.165, 1.54) is 31.7 Å². The third kappa shape index (κ3) is 27.8. The number of hydrogen-bond donors (Lipinski definition) is 14. The average Bonchev–Trinajstić information content (AvgIpc) is 1.67. The number of cyclic esters (lactones) is 1. The summed E-state index contributed by atoms with van der Waals surface area (Å²) >= 11 is 6.17. The molecule has 1 aromatic carbocycles. The van der Waals surface area contributed by atoms with Crippen LogP contribution in [0.15, 0.2) is 36.0 Å². The van der Waals surface area contributed by atoms with Crippen LogP contribution in [0, 0.1) is 47.3 Å². The van der Waals surface area contributed by atoms with Crippen molar-refractivity contribution in [2.75, 3.05) is 13.1 Å². The predicted molar refractivity (Wildman–Crippen MR) is 400 cm³/mol. The smallest absolute Gasteiger partial charge is 0.329 e. The Morgan fingerprint density at radius 2 is 1.16 bits per heavy atom. The van der Waals surface area contributed by atoms with Crippen LogP contribution < -0.4 is 69.5 Å². The van der Waals surface area contributed by atoms with Crippen LogP contribution in [-0.2, 0) is 78.3 Å². The average molecular weight is 1510 g/mol. The highest BCUT2D eigenvalue weighted by molar-refractivity contribution is 6.30. The molecule has 1 aromatic rings. The molecule has 2 aliphatic rings. The second kappa shape index (κ2) is 44.1. The Balaban J connectivity index is 2.00. The van der Waals surface area contributed by atoms with Crippen molar-refractivity contribution >= 4 is 94.4 Å². The lowest BCUT2D eigenvalue weighted by Crippen LogP contribution is -2.64. The molecule has 106 heavy (non-hydrogen) atoms. The molecule has 2 heterocycles. The molecular weight excluding hydrogens is 1390 g/mol. The van der Waals surface area contributed by atoms with E-state index in [1.54, 1.807) is 121 Å². The lowest BCUT2D eigenvalue weighted by molar-refractivity contribution is -0.157. The molecular formula is C75H123ClN14O16. The molecule has 0 bridgehead atoms. The summed E-state index contributed by atoms with van der Waals surface area (Å²) in [6, 6.07) is -10.1. The largest absolute Gasteiger partial charge is 0.458 e. The summed E-state index contributed by atoms with van der Waals surface area (Å²) in [7, 11) is 0. The highest BCUT2D eigenvalue weighted by Gasteiger charge is 2.44. The first-order valence-electron chi connectivity index (χ1n) is 37.6. The molecule has 31 heteroatoms. The second-order valence-corrected chi connectivity index (χ2v) is 30.8. The Morgan fingerprint density at radius 1 is 0.623 bits per heavy atom. The van der Waals surface area contributed by atoms with Crippen LogP contribution in [0.5, 0.6) is 0 Å². The molecule has 2 fully saturated rings. The van der Waals surface area contributed by atoms with E-state index in [1.807, 2.05) is 13.8 Å². The number of aliphatic hydroxyl groups is 1. The van der Waals surface area contributed by atoms with Crippen LogP contribution in [0.4, 0.5) is 0 Å². The lowest BCUT2D eigenvalue weighted by atomic mass is 9.95. The van der Waals surface area contributed by atoms with Crippen LogP contribution in [-0.4, -0.2) is 191 Å². The number of halogens is 1. The van der Waals surface area contributed by atoms with Crippen LogP contribution >= 0.6 is 11.6 Å². The maximum absolute atomic E-state index is 15.1. The summed E-state index contributed by atoms with van der Waals surface area (Å²) < 4.78 is 5.96. The first-order valence-corrected chi connectivity index (χ1v) is 38.0. The summed E-state index contributed by atoms with van der Waals surface area (Å²) in [4.78, 5) is 202. The van der Waals surface area contributed by atoms with Crippen molar-refractivity contribution < 1.29 is 77.0 Å². The van der Waals surface area contributed by atoms with Crippen molar-refractivity contribution in [3.05, 3.63) is 46.6 Å². The van der Waals surface area contributed by atoms with Crippen molar-refractivity contribution in [2.24, 2.45) is 53.1 Å². The van der Waals surface area contributed by atoms with E-state index in [9.17, 15) is 62.6 Å². The van der Waals surface area contributed by atoms with Gasteiger partial charge < -0.3 is 84.3 Å². The Morgan fingerprint density at radius 3 is 1.69 bits per heavy atom. The summed E-state index contributed by atoms with van der Waals surface area (Å²) in [5.74, 6) is -15.3. The van der Waals surface area contributed by atoms with E-state index in [0.29, 0.717) is 35.8 Å². The Kier molecular flexibility index (Phi) is 38.3. The molecule has 30 nitrogen and oxygen atoms in total. The number of nitrogens with zero attached hydrogens (tertiary/aromatic N) is 1. The fraction of sp³-hybridized carbons (Fsp3) is 0.707. The predicted octanol–water partition coefficient (Wildman–Crippen LogP) is 2.49. The Labute approximate surface area is 630 Å². The summed E-state index contributed by atoms with van der Waals surface area (Å²) in [6.45, 7) is 31.7. The molecule has 0 radical (unpaired) electrons. The summed E-state index contributed by atoms with van der Waals surface area (Å²) in [5.41, 5.74) is 6.24. The maximum Gasteiger partial charge on any atom is 0.329 e. The number of allylic oxidation sites excluding steroid dienone is 1. The first kappa shape index (κ1) is 92.0. The quantitative estimate of drug-likeness (QED) is 0.0355. The van der Waals surface area contributed by atoms with Gasteiger partial charge in [-0.05, 0) is 124 Å². The van der Waals surface area contributed by atoms with Crippen molar-refractivity contribution in [1.82, 2.24) is 68.7 Å². The molecule has 2 aliphatic heterocycles. The van der Waals surface area contributed by atoms with Gasteiger partial charge in [0.15, 0.2) is 0 Å². The zero-order chi connectivity index (χ0) is 80.3. The lowest BCUT2D eigenvalue weighted by Gasteiger charge is -2.33. The van der Waals surface area contributed by atoms with Gasteiger partial charge in [-0.3, -0.25) is 62.3 Å². The number of nitrogens with two attached hydrogens (primary N) is 1. The summed E-state index contributed by atoms with van der Waals surface area (Å²) in [5, 5.41) is 43.5. The van der Waals surface area contributed by atoms with E-state index in [0.717, 1.165) is 6.42 Å².